The van der Waals surface area contributed by atoms with Crippen LogP contribution in [0.25, 0.3) is 0 Å². The maximum atomic E-state index is 11.6. The molecule has 0 aliphatic heterocycles. The molecule has 0 aromatic carbocycles. The molecule has 0 amide bonds. The van der Waals surface area contributed by atoms with Crippen molar-refractivity contribution in [1.82, 2.24) is 0 Å². The predicted molar refractivity (Wildman–Crippen MR) is 83.1 cm³/mol. The van der Waals surface area contributed by atoms with E-state index in [0.29, 0.717) is 11.3 Å². The number of carbonyl (C=O) groups excluding carboxylic acids is 1. The molecular formula is C17H22O3. The van der Waals surface area contributed by atoms with Gasteiger partial charge in [-0.3, -0.25) is 0 Å². The first kappa shape index (κ1) is 17.7. The molecule has 3 heteroatoms. The Morgan fingerprint density at radius 2 is 1.95 bits per heavy atom. The highest BCUT2D eigenvalue weighted by atomic mass is 16.6. The quantitative estimate of drug-likeness (QED) is 0.277. The molecule has 0 fully saturated rings. The summed E-state index contributed by atoms with van der Waals surface area (Å²) in [5.74, 6) is -0.00882. The zero-order valence-corrected chi connectivity index (χ0v) is 12.2. The lowest BCUT2D eigenvalue weighted by molar-refractivity contribution is -0.145. The van der Waals surface area contributed by atoms with Crippen LogP contribution in [0.3, 0.4) is 0 Å². The van der Waals surface area contributed by atoms with E-state index >= 15 is 0 Å². The van der Waals surface area contributed by atoms with Crippen LogP contribution in [-0.2, 0) is 14.3 Å². The Kier molecular flexibility index (Phi) is 8.51. The van der Waals surface area contributed by atoms with E-state index in [4.69, 9.17) is 9.47 Å². The second kappa shape index (κ2) is 9.62. The Labute approximate surface area is 121 Å². The molecule has 1 unspecified atom stereocenters. The van der Waals surface area contributed by atoms with Gasteiger partial charge in [-0.15, -0.1) is 0 Å². The number of rotatable bonds is 9. The lowest BCUT2D eigenvalue weighted by Gasteiger charge is -2.16. The molecule has 0 heterocycles. The number of allylic oxidation sites excluding steroid dienone is 4. The van der Waals surface area contributed by atoms with Crippen molar-refractivity contribution in [2.24, 2.45) is 0 Å². The van der Waals surface area contributed by atoms with E-state index in [2.05, 4.69) is 26.3 Å². The van der Waals surface area contributed by atoms with Gasteiger partial charge in [-0.2, -0.15) is 0 Å². The minimum absolute atomic E-state index is 0.204. The van der Waals surface area contributed by atoms with E-state index in [1.807, 2.05) is 0 Å². The lowest BCUT2D eigenvalue weighted by atomic mass is 10.2. The number of hydrogen-bond donors (Lipinski definition) is 0. The zero-order chi connectivity index (χ0) is 15.5. The molecule has 3 nitrogen and oxygen atoms in total. The van der Waals surface area contributed by atoms with Gasteiger partial charge in [0.2, 0.25) is 0 Å². The van der Waals surface area contributed by atoms with E-state index < -0.39 is 12.1 Å². The molecule has 0 N–H and O–H groups in total. The number of esters is 1. The van der Waals surface area contributed by atoms with Crippen LogP contribution >= 0.6 is 0 Å². The molecule has 0 rings (SSSR count). The van der Waals surface area contributed by atoms with Crippen molar-refractivity contribution in [2.75, 3.05) is 6.61 Å². The van der Waals surface area contributed by atoms with Gasteiger partial charge in [0, 0.05) is 5.57 Å². The minimum atomic E-state index is -0.463. The molecule has 1 atom stereocenters. The van der Waals surface area contributed by atoms with Crippen molar-refractivity contribution in [1.29, 1.82) is 0 Å². The Balaban J connectivity index is 4.33. The van der Waals surface area contributed by atoms with Gasteiger partial charge < -0.3 is 9.47 Å². The van der Waals surface area contributed by atoms with Crippen LogP contribution < -0.4 is 0 Å². The molecule has 0 aliphatic carbocycles. The summed E-state index contributed by atoms with van der Waals surface area (Å²) in [6, 6.07) is 0. The van der Waals surface area contributed by atoms with Gasteiger partial charge in [-0.25, -0.2) is 4.79 Å². The predicted octanol–water partition coefficient (Wildman–Crippen LogP) is 3.88. The van der Waals surface area contributed by atoms with Crippen LogP contribution in [0.5, 0.6) is 0 Å². The topological polar surface area (TPSA) is 35.5 Å². The Morgan fingerprint density at radius 1 is 1.30 bits per heavy atom. The Bertz CT molecular complexity index is 453. The molecule has 108 valence electrons. The van der Waals surface area contributed by atoms with Gasteiger partial charge in [0.05, 0.1) is 5.57 Å². The van der Waals surface area contributed by atoms with Crippen molar-refractivity contribution >= 4 is 5.97 Å². The van der Waals surface area contributed by atoms with Crippen LogP contribution in [0.1, 0.15) is 13.8 Å². The summed E-state index contributed by atoms with van der Waals surface area (Å²) >= 11 is 0. The van der Waals surface area contributed by atoms with Crippen LogP contribution in [0.2, 0.25) is 0 Å². The second-order valence-corrected chi connectivity index (χ2v) is 4.04. The second-order valence-electron chi connectivity index (χ2n) is 4.04. The van der Waals surface area contributed by atoms with Gasteiger partial charge in [0.15, 0.2) is 0 Å². The molecule has 0 spiro atoms. The molecule has 20 heavy (non-hydrogen) atoms. The molecule has 0 radical (unpaired) electrons. The standard InChI is InChI=1S/C17H22O3/c1-7-10-13(4)17(18)20-14(5)12-19-15(6)16(9-3)11-8-2/h7-11,14H,2-4,6,12H2,1,5H3/b10-7-,16-11+. The first-order valence-corrected chi connectivity index (χ1v) is 6.26. The summed E-state index contributed by atoms with van der Waals surface area (Å²) < 4.78 is 10.6. The van der Waals surface area contributed by atoms with E-state index in [0.717, 1.165) is 5.57 Å². The van der Waals surface area contributed by atoms with Crippen molar-refractivity contribution < 1.29 is 14.3 Å². The number of ether oxygens (including phenoxy) is 2. The normalized spacial score (nSPS) is 12.6. The van der Waals surface area contributed by atoms with Crippen LogP contribution in [0.4, 0.5) is 0 Å². The highest BCUT2D eigenvalue weighted by Gasteiger charge is 2.12. The lowest BCUT2D eigenvalue weighted by Crippen LogP contribution is -2.20. The van der Waals surface area contributed by atoms with E-state index in [-0.39, 0.29) is 6.61 Å². The van der Waals surface area contributed by atoms with Gasteiger partial charge >= 0.3 is 5.97 Å². The fourth-order valence-corrected chi connectivity index (χ4v) is 1.26. The van der Waals surface area contributed by atoms with Crippen LogP contribution in [0.15, 0.2) is 73.6 Å². The fraction of sp³-hybridized carbons (Fsp3) is 0.235. The van der Waals surface area contributed by atoms with E-state index in [9.17, 15) is 4.79 Å². The SMILES string of the molecule is C=C/C=C(\C=C)C(=C)OCC(C)OC(=O)C(=C)/C=C\C. The number of hydrogen-bond acceptors (Lipinski definition) is 3. The zero-order valence-electron chi connectivity index (χ0n) is 12.2. The summed E-state index contributed by atoms with van der Waals surface area (Å²) in [7, 11) is 0. The van der Waals surface area contributed by atoms with Gasteiger partial charge in [0.1, 0.15) is 18.5 Å². The molecule has 0 aliphatic rings. The van der Waals surface area contributed by atoms with E-state index in [1.54, 1.807) is 44.2 Å². The number of carbonyl (C=O) groups is 1. The largest absolute Gasteiger partial charge is 0.490 e. The summed E-state index contributed by atoms with van der Waals surface area (Å²) in [5.41, 5.74) is 1.04. The van der Waals surface area contributed by atoms with E-state index in [1.165, 1.54) is 0 Å². The average Bonchev–Trinajstić information content (AvgIpc) is 2.42. The van der Waals surface area contributed by atoms with Crippen molar-refractivity contribution in [3.05, 3.63) is 73.6 Å². The van der Waals surface area contributed by atoms with Crippen molar-refractivity contribution in [3.8, 4) is 0 Å². The third-order valence-corrected chi connectivity index (χ3v) is 2.27. The smallest absolute Gasteiger partial charge is 0.337 e. The van der Waals surface area contributed by atoms with Crippen LogP contribution in [0, 0.1) is 0 Å². The Hall–Kier alpha value is -2.29. The molecule has 0 saturated carbocycles. The summed E-state index contributed by atoms with van der Waals surface area (Å²) in [4.78, 5) is 11.6. The maximum absolute atomic E-state index is 11.6. The molecular weight excluding hydrogens is 252 g/mol. The minimum Gasteiger partial charge on any atom is -0.490 e. The van der Waals surface area contributed by atoms with Gasteiger partial charge in [-0.1, -0.05) is 56.7 Å². The third kappa shape index (κ3) is 6.59. The van der Waals surface area contributed by atoms with Crippen LogP contribution in [-0.4, -0.2) is 18.7 Å². The van der Waals surface area contributed by atoms with Crippen molar-refractivity contribution in [2.45, 2.75) is 20.0 Å². The van der Waals surface area contributed by atoms with Crippen molar-refractivity contribution in [3.63, 3.8) is 0 Å². The van der Waals surface area contributed by atoms with Gasteiger partial charge in [-0.05, 0) is 13.8 Å². The first-order valence-electron chi connectivity index (χ1n) is 6.26. The monoisotopic (exact) mass is 274 g/mol. The van der Waals surface area contributed by atoms with Gasteiger partial charge in [0.25, 0.3) is 0 Å². The first-order chi connectivity index (χ1) is 9.46. The summed E-state index contributed by atoms with van der Waals surface area (Å²) in [5, 5.41) is 0. The summed E-state index contributed by atoms with van der Waals surface area (Å²) in [6.45, 7) is 18.4. The Morgan fingerprint density at radius 3 is 2.45 bits per heavy atom. The molecule has 0 aromatic heterocycles. The highest BCUT2D eigenvalue weighted by Crippen LogP contribution is 2.12. The molecule has 0 aromatic rings. The summed E-state index contributed by atoms with van der Waals surface area (Å²) in [6.07, 6.45) is 7.89. The molecule has 0 bridgehead atoms. The highest BCUT2D eigenvalue weighted by molar-refractivity contribution is 5.90. The maximum Gasteiger partial charge on any atom is 0.337 e. The average molecular weight is 274 g/mol. The fourth-order valence-electron chi connectivity index (χ4n) is 1.26. The molecule has 0 saturated heterocycles. The third-order valence-electron chi connectivity index (χ3n) is 2.27.